The minimum absolute atomic E-state index is 0.00701. The van der Waals surface area contributed by atoms with Crippen molar-refractivity contribution in [2.45, 2.75) is 52.0 Å². The lowest BCUT2D eigenvalue weighted by Crippen LogP contribution is -2.21. The van der Waals surface area contributed by atoms with E-state index in [1.807, 2.05) is 16.7 Å². The Bertz CT molecular complexity index is 680. The van der Waals surface area contributed by atoms with Gasteiger partial charge in [-0.15, -0.1) is 0 Å². The summed E-state index contributed by atoms with van der Waals surface area (Å²) >= 11 is 0. The summed E-state index contributed by atoms with van der Waals surface area (Å²) in [5, 5.41) is 2.91. The monoisotopic (exact) mass is 298 g/mol. The first-order valence-electron chi connectivity index (χ1n) is 7.77. The number of anilines is 1. The number of nitrogens with zero attached hydrogens (tertiary/aromatic N) is 3. The number of pyridine rings is 1. The predicted octanol–water partition coefficient (Wildman–Crippen LogP) is 3.16. The molecule has 0 aliphatic carbocycles. The first-order chi connectivity index (χ1) is 10.4. The highest BCUT2D eigenvalue weighted by Crippen LogP contribution is 2.21. The average molecular weight is 298 g/mol. The van der Waals surface area contributed by atoms with Gasteiger partial charge in [-0.05, 0) is 25.0 Å². The number of rotatable bonds is 2. The molecule has 3 heterocycles. The third-order valence-corrected chi connectivity index (χ3v) is 3.99. The third kappa shape index (κ3) is 2.89. The van der Waals surface area contributed by atoms with Gasteiger partial charge in [-0.25, -0.2) is 4.98 Å². The van der Waals surface area contributed by atoms with Gasteiger partial charge in [0.2, 0.25) is 0 Å². The van der Waals surface area contributed by atoms with Crippen LogP contribution in [0.1, 0.15) is 55.6 Å². The Morgan fingerprint density at radius 2 is 2.00 bits per heavy atom. The van der Waals surface area contributed by atoms with E-state index < -0.39 is 0 Å². The highest BCUT2D eigenvalue weighted by Gasteiger charge is 2.19. The molecule has 22 heavy (non-hydrogen) atoms. The number of imidazole rings is 1. The fraction of sp³-hybridized carbons (Fsp3) is 0.471. The van der Waals surface area contributed by atoms with Gasteiger partial charge in [0, 0.05) is 24.1 Å². The molecular formula is C17H22N4O. The summed E-state index contributed by atoms with van der Waals surface area (Å²) < 4.78 is 2.02. The molecule has 3 rings (SSSR count). The summed E-state index contributed by atoms with van der Waals surface area (Å²) in [5.41, 5.74) is 2.36. The number of aryl methyl sites for hydroxylation is 1. The van der Waals surface area contributed by atoms with Gasteiger partial charge in [-0.1, -0.05) is 20.8 Å². The Morgan fingerprint density at radius 3 is 2.68 bits per heavy atom. The molecule has 1 aliphatic heterocycles. The van der Waals surface area contributed by atoms with Crippen molar-refractivity contribution < 1.29 is 4.79 Å². The maximum Gasteiger partial charge on any atom is 0.273 e. The molecular weight excluding hydrogens is 276 g/mol. The van der Waals surface area contributed by atoms with E-state index in [-0.39, 0.29) is 11.3 Å². The first-order valence-corrected chi connectivity index (χ1v) is 7.77. The highest BCUT2D eigenvalue weighted by molar-refractivity contribution is 6.02. The summed E-state index contributed by atoms with van der Waals surface area (Å²) in [6.07, 6.45) is 6.59. The van der Waals surface area contributed by atoms with Crippen molar-refractivity contribution in [2.24, 2.45) is 0 Å². The van der Waals surface area contributed by atoms with Gasteiger partial charge in [0.25, 0.3) is 5.91 Å². The Kier molecular flexibility index (Phi) is 3.72. The molecule has 2 aromatic rings. The Balaban J connectivity index is 1.76. The molecule has 0 spiro atoms. The van der Waals surface area contributed by atoms with E-state index in [9.17, 15) is 4.79 Å². The normalized spacial score (nSPS) is 14.5. The molecule has 5 nitrogen and oxygen atoms in total. The molecule has 0 saturated heterocycles. The van der Waals surface area contributed by atoms with Crippen molar-refractivity contribution in [3.8, 4) is 0 Å². The average Bonchev–Trinajstić information content (AvgIpc) is 2.91. The number of aromatic nitrogens is 3. The number of nitrogens with one attached hydrogen (secondary N) is 1. The number of carbonyl (C=O) groups is 1. The van der Waals surface area contributed by atoms with Crippen molar-refractivity contribution in [3.63, 3.8) is 0 Å². The summed E-state index contributed by atoms with van der Waals surface area (Å²) in [5.74, 6) is 0.892. The number of fused-ring (bicyclic) bond motifs is 1. The van der Waals surface area contributed by atoms with Gasteiger partial charge < -0.3 is 9.88 Å². The number of hydrogen-bond acceptors (Lipinski definition) is 3. The topological polar surface area (TPSA) is 59.8 Å². The molecule has 1 N–H and O–H groups in total. The van der Waals surface area contributed by atoms with Gasteiger partial charge in [0.1, 0.15) is 11.5 Å². The van der Waals surface area contributed by atoms with Crippen LogP contribution in [0.3, 0.4) is 0 Å². The summed E-state index contributed by atoms with van der Waals surface area (Å²) in [6.45, 7) is 7.23. The van der Waals surface area contributed by atoms with Gasteiger partial charge >= 0.3 is 0 Å². The Labute approximate surface area is 130 Å². The van der Waals surface area contributed by atoms with Crippen molar-refractivity contribution in [1.29, 1.82) is 0 Å². The van der Waals surface area contributed by atoms with Crippen LogP contribution in [0.25, 0.3) is 0 Å². The lowest BCUT2D eigenvalue weighted by Gasteiger charge is -2.18. The van der Waals surface area contributed by atoms with Crippen molar-refractivity contribution in [3.05, 3.63) is 41.7 Å². The molecule has 0 fully saturated rings. The summed E-state index contributed by atoms with van der Waals surface area (Å²) in [7, 11) is 0. The smallest absolute Gasteiger partial charge is 0.273 e. The maximum atomic E-state index is 12.4. The van der Waals surface area contributed by atoms with Crippen LogP contribution < -0.4 is 5.32 Å². The van der Waals surface area contributed by atoms with Crippen LogP contribution in [0.5, 0.6) is 0 Å². The second-order valence-corrected chi connectivity index (χ2v) is 6.80. The lowest BCUT2D eigenvalue weighted by atomic mass is 9.92. The van der Waals surface area contributed by atoms with Crippen LogP contribution in [-0.4, -0.2) is 20.4 Å². The van der Waals surface area contributed by atoms with Crippen LogP contribution in [-0.2, 0) is 18.4 Å². The molecule has 1 amide bonds. The van der Waals surface area contributed by atoms with Crippen LogP contribution in [0.15, 0.2) is 24.5 Å². The van der Waals surface area contributed by atoms with E-state index in [0.717, 1.165) is 37.3 Å². The summed E-state index contributed by atoms with van der Waals surface area (Å²) in [4.78, 5) is 21.2. The largest absolute Gasteiger partial charge is 0.324 e. The second kappa shape index (κ2) is 5.55. The number of amides is 1. The van der Waals surface area contributed by atoms with Crippen LogP contribution in [0.2, 0.25) is 0 Å². The highest BCUT2D eigenvalue weighted by atomic mass is 16.2. The Morgan fingerprint density at radius 1 is 1.18 bits per heavy atom. The zero-order valence-corrected chi connectivity index (χ0v) is 13.4. The van der Waals surface area contributed by atoms with E-state index in [2.05, 4.69) is 36.1 Å². The van der Waals surface area contributed by atoms with Crippen LogP contribution in [0, 0.1) is 0 Å². The second-order valence-electron chi connectivity index (χ2n) is 6.80. The summed E-state index contributed by atoms with van der Waals surface area (Å²) in [6, 6.07) is 3.86. The van der Waals surface area contributed by atoms with Crippen LogP contribution >= 0.6 is 0 Å². The van der Waals surface area contributed by atoms with E-state index >= 15 is 0 Å². The molecule has 0 aromatic carbocycles. The van der Waals surface area contributed by atoms with Crippen molar-refractivity contribution in [2.75, 3.05) is 5.32 Å². The fourth-order valence-corrected chi connectivity index (χ4v) is 2.70. The van der Waals surface area contributed by atoms with Crippen molar-refractivity contribution in [1.82, 2.24) is 14.5 Å². The fourth-order valence-electron chi connectivity index (χ4n) is 2.70. The Hall–Kier alpha value is -2.17. The van der Waals surface area contributed by atoms with Gasteiger partial charge in [0.05, 0.1) is 18.1 Å². The zero-order valence-electron chi connectivity index (χ0n) is 13.4. The van der Waals surface area contributed by atoms with Gasteiger partial charge in [-0.3, -0.25) is 9.78 Å². The minimum atomic E-state index is -0.119. The van der Waals surface area contributed by atoms with E-state index in [1.54, 1.807) is 12.4 Å². The number of carbonyl (C=O) groups excluding carboxylic acids is 1. The zero-order chi connectivity index (χ0) is 15.7. The number of hydrogen-bond donors (Lipinski definition) is 1. The molecule has 5 heteroatoms. The lowest BCUT2D eigenvalue weighted by molar-refractivity contribution is 0.101. The van der Waals surface area contributed by atoms with E-state index in [1.165, 1.54) is 0 Å². The molecule has 0 bridgehead atoms. The molecule has 2 aromatic heterocycles. The standard InChI is InChI=1S/C17H22N4O/c1-17(2,3)14-8-7-12(10-18-14)20-16(22)13-11-19-15-6-4-5-9-21(13)15/h7-8,10-11H,4-6,9H2,1-3H3,(H,20,22). The quantitative estimate of drug-likeness (QED) is 0.926. The minimum Gasteiger partial charge on any atom is -0.324 e. The first kappa shape index (κ1) is 14.8. The predicted molar refractivity (Wildman–Crippen MR) is 86.1 cm³/mol. The van der Waals surface area contributed by atoms with Gasteiger partial charge in [0.15, 0.2) is 0 Å². The molecule has 0 radical (unpaired) electrons. The van der Waals surface area contributed by atoms with Crippen LogP contribution in [0.4, 0.5) is 5.69 Å². The third-order valence-electron chi connectivity index (χ3n) is 3.99. The van der Waals surface area contributed by atoms with Crippen molar-refractivity contribution >= 4 is 11.6 Å². The van der Waals surface area contributed by atoms with Gasteiger partial charge in [-0.2, -0.15) is 0 Å². The maximum absolute atomic E-state index is 12.4. The SMILES string of the molecule is CC(C)(C)c1ccc(NC(=O)c2cnc3n2CCCC3)cn1. The molecule has 0 unspecified atom stereocenters. The molecule has 0 saturated carbocycles. The van der Waals surface area contributed by atoms with E-state index in [4.69, 9.17) is 0 Å². The van der Waals surface area contributed by atoms with E-state index in [0.29, 0.717) is 11.4 Å². The molecule has 0 atom stereocenters. The molecule has 1 aliphatic rings. The molecule has 116 valence electrons.